The maximum atomic E-state index is 6.15. The molecule has 1 aromatic heterocycles. The first-order valence-corrected chi connectivity index (χ1v) is 9.92. The monoisotopic (exact) mass is 370 g/mol. The largest absolute Gasteiger partial charge is 0.493 e. The molecule has 1 atom stereocenters. The summed E-state index contributed by atoms with van der Waals surface area (Å²) >= 11 is 0. The Morgan fingerprint density at radius 2 is 1.70 bits per heavy atom. The van der Waals surface area contributed by atoms with E-state index in [2.05, 4.69) is 45.9 Å². The van der Waals surface area contributed by atoms with Crippen LogP contribution in [0.25, 0.3) is 11.0 Å². The van der Waals surface area contributed by atoms with Gasteiger partial charge < -0.3 is 13.9 Å². The molecule has 2 rings (SSSR count). The summed E-state index contributed by atoms with van der Waals surface area (Å²) in [6.07, 6.45) is 10.2. The van der Waals surface area contributed by atoms with Crippen LogP contribution in [0, 0.1) is 0 Å². The van der Waals surface area contributed by atoms with Crippen LogP contribution in [0.2, 0.25) is 0 Å². The van der Waals surface area contributed by atoms with E-state index in [4.69, 9.17) is 13.9 Å². The number of furan rings is 1. The Morgan fingerprint density at radius 3 is 2.33 bits per heavy atom. The molecule has 0 amide bonds. The number of allylic oxidation sites excluding steroid dienone is 4. The van der Waals surface area contributed by atoms with Crippen LogP contribution in [0.4, 0.5) is 0 Å². The molecule has 0 bridgehead atoms. The zero-order chi connectivity index (χ0) is 19.8. The maximum Gasteiger partial charge on any atom is 0.164 e. The fourth-order valence-corrected chi connectivity index (χ4v) is 3.36. The molecule has 0 spiro atoms. The second kappa shape index (κ2) is 10.2. The highest BCUT2D eigenvalue weighted by Crippen LogP contribution is 2.37. The molecule has 0 radical (unpaired) electrons. The summed E-state index contributed by atoms with van der Waals surface area (Å²) in [5.74, 6) is 2.92. The van der Waals surface area contributed by atoms with Crippen molar-refractivity contribution in [2.24, 2.45) is 0 Å². The molecule has 3 nitrogen and oxygen atoms in total. The van der Waals surface area contributed by atoms with Crippen molar-refractivity contribution < 1.29 is 13.9 Å². The quantitative estimate of drug-likeness (QED) is 0.408. The first kappa shape index (κ1) is 21.1. The van der Waals surface area contributed by atoms with Gasteiger partial charge in [0.2, 0.25) is 0 Å². The summed E-state index contributed by atoms with van der Waals surface area (Å²) in [4.78, 5) is 0. The van der Waals surface area contributed by atoms with E-state index in [0.717, 1.165) is 54.6 Å². The molecule has 1 aromatic carbocycles. The van der Waals surface area contributed by atoms with Crippen LogP contribution >= 0.6 is 0 Å². The molecule has 0 aliphatic rings. The van der Waals surface area contributed by atoms with Gasteiger partial charge in [-0.2, -0.15) is 0 Å². The molecule has 148 valence electrons. The van der Waals surface area contributed by atoms with E-state index in [1.54, 1.807) is 14.2 Å². The molecule has 0 fully saturated rings. The van der Waals surface area contributed by atoms with E-state index in [0.29, 0.717) is 11.7 Å². The van der Waals surface area contributed by atoms with Crippen molar-refractivity contribution >= 4 is 11.0 Å². The molecule has 0 N–H and O–H groups in total. The van der Waals surface area contributed by atoms with Gasteiger partial charge >= 0.3 is 0 Å². The van der Waals surface area contributed by atoms with Crippen molar-refractivity contribution in [1.29, 1.82) is 0 Å². The van der Waals surface area contributed by atoms with Crippen LogP contribution in [0.1, 0.15) is 71.5 Å². The average Bonchev–Trinajstić information content (AvgIpc) is 3.06. The summed E-state index contributed by atoms with van der Waals surface area (Å²) in [6.45, 7) is 8.77. The maximum absolute atomic E-state index is 6.15. The highest BCUT2D eigenvalue weighted by molar-refractivity contribution is 5.82. The number of hydrogen-bond donors (Lipinski definition) is 0. The van der Waals surface area contributed by atoms with Gasteiger partial charge in [-0.3, -0.25) is 0 Å². The fraction of sp³-hybridized carbons (Fsp3) is 0.500. The van der Waals surface area contributed by atoms with Crippen LogP contribution in [-0.2, 0) is 0 Å². The zero-order valence-corrected chi connectivity index (χ0v) is 17.7. The van der Waals surface area contributed by atoms with Crippen LogP contribution < -0.4 is 9.47 Å². The van der Waals surface area contributed by atoms with E-state index in [1.165, 1.54) is 11.1 Å². The summed E-state index contributed by atoms with van der Waals surface area (Å²) < 4.78 is 16.9. The molecular weight excluding hydrogens is 336 g/mol. The Labute approximate surface area is 164 Å². The van der Waals surface area contributed by atoms with Crippen LogP contribution in [-0.4, -0.2) is 14.2 Å². The van der Waals surface area contributed by atoms with Crippen LogP contribution in [0.3, 0.4) is 0 Å². The first-order chi connectivity index (χ1) is 13.0. The van der Waals surface area contributed by atoms with Crippen LogP contribution in [0.5, 0.6) is 11.5 Å². The molecule has 1 heterocycles. The molecule has 0 saturated carbocycles. The smallest absolute Gasteiger partial charge is 0.164 e. The minimum atomic E-state index is 0.427. The molecule has 27 heavy (non-hydrogen) atoms. The van der Waals surface area contributed by atoms with E-state index in [-0.39, 0.29) is 0 Å². The van der Waals surface area contributed by atoms with Crippen molar-refractivity contribution in [3.05, 3.63) is 47.3 Å². The average molecular weight is 371 g/mol. The van der Waals surface area contributed by atoms with Crippen molar-refractivity contribution in [3.63, 3.8) is 0 Å². The van der Waals surface area contributed by atoms with Gasteiger partial charge in [0.25, 0.3) is 0 Å². The third-order valence-corrected chi connectivity index (χ3v) is 5.04. The highest BCUT2D eigenvalue weighted by Gasteiger charge is 2.16. The standard InChI is InChI=1S/C24H34O3/c1-7-19(13-9-12-18(4)11-8-10-17(2)3)21-14-20-15-23(25-5)24(26-6)16-22(20)27-21/h10,12,14-16,19H,7-9,11,13H2,1-6H3. The normalized spacial score (nSPS) is 12.9. The van der Waals surface area contributed by atoms with Crippen molar-refractivity contribution in [1.82, 2.24) is 0 Å². The Morgan fingerprint density at radius 1 is 1.00 bits per heavy atom. The third kappa shape index (κ3) is 5.92. The molecule has 0 aliphatic carbocycles. The molecule has 3 heteroatoms. The predicted molar refractivity (Wildman–Crippen MR) is 114 cm³/mol. The number of fused-ring (bicyclic) bond motifs is 1. The molecule has 0 aliphatic heterocycles. The molecule has 0 saturated heterocycles. The second-order valence-corrected chi connectivity index (χ2v) is 7.45. The van der Waals surface area contributed by atoms with Gasteiger partial charge in [0.15, 0.2) is 11.5 Å². The van der Waals surface area contributed by atoms with Crippen molar-refractivity contribution in [2.45, 2.75) is 65.7 Å². The van der Waals surface area contributed by atoms with Crippen molar-refractivity contribution in [2.75, 3.05) is 14.2 Å². The number of methoxy groups -OCH3 is 2. The lowest BCUT2D eigenvalue weighted by molar-refractivity contribution is 0.355. The zero-order valence-electron chi connectivity index (χ0n) is 17.7. The second-order valence-electron chi connectivity index (χ2n) is 7.45. The van der Waals surface area contributed by atoms with Gasteiger partial charge in [0.1, 0.15) is 11.3 Å². The van der Waals surface area contributed by atoms with Crippen molar-refractivity contribution in [3.8, 4) is 11.5 Å². The van der Waals surface area contributed by atoms with Gasteiger partial charge in [-0.25, -0.2) is 0 Å². The van der Waals surface area contributed by atoms with E-state index in [9.17, 15) is 0 Å². The van der Waals surface area contributed by atoms with Gasteiger partial charge in [-0.05, 0) is 65.0 Å². The lowest BCUT2D eigenvalue weighted by Gasteiger charge is -2.10. The number of hydrogen-bond acceptors (Lipinski definition) is 3. The van der Waals surface area contributed by atoms with Gasteiger partial charge in [-0.1, -0.05) is 30.2 Å². The molecule has 2 aromatic rings. The number of benzene rings is 1. The Bertz CT molecular complexity index is 750. The summed E-state index contributed by atoms with van der Waals surface area (Å²) in [6, 6.07) is 6.05. The summed E-state index contributed by atoms with van der Waals surface area (Å²) in [5.41, 5.74) is 3.72. The van der Waals surface area contributed by atoms with E-state index in [1.807, 2.05) is 12.1 Å². The number of rotatable bonds is 10. The Kier molecular flexibility index (Phi) is 8.02. The highest BCUT2D eigenvalue weighted by atomic mass is 16.5. The minimum absolute atomic E-state index is 0.427. The van der Waals surface area contributed by atoms with Gasteiger partial charge in [0.05, 0.1) is 14.2 Å². The lowest BCUT2D eigenvalue weighted by Crippen LogP contribution is -1.95. The minimum Gasteiger partial charge on any atom is -0.493 e. The molecular formula is C24H34O3. The third-order valence-electron chi connectivity index (χ3n) is 5.04. The lowest BCUT2D eigenvalue weighted by atomic mass is 9.96. The Balaban J connectivity index is 2.05. The molecule has 1 unspecified atom stereocenters. The van der Waals surface area contributed by atoms with E-state index >= 15 is 0 Å². The van der Waals surface area contributed by atoms with Crippen LogP contribution in [0.15, 0.2) is 45.9 Å². The van der Waals surface area contributed by atoms with Gasteiger partial charge in [-0.15, -0.1) is 0 Å². The van der Waals surface area contributed by atoms with E-state index < -0.39 is 0 Å². The van der Waals surface area contributed by atoms with Gasteiger partial charge in [0, 0.05) is 17.4 Å². The SMILES string of the molecule is CCC(CCC=C(C)CCC=C(C)C)c1cc2cc(OC)c(OC)cc2o1. The first-order valence-electron chi connectivity index (χ1n) is 9.92. The Hall–Kier alpha value is -2.16. The predicted octanol–water partition coefficient (Wildman–Crippen LogP) is 7.42. The summed E-state index contributed by atoms with van der Waals surface area (Å²) in [7, 11) is 3.31. The number of ether oxygens (including phenoxy) is 2. The summed E-state index contributed by atoms with van der Waals surface area (Å²) in [5, 5.41) is 1.06. The topological polar surface area (TPSA) is 31.6 Å². The fourth-order valence-electron chi connectivity index (χ4n) is 3.36.